The lowest BCUT2D eigenvalue weighted by Gasteiger charge is -2.19. The number of rotatable bonds is 6. The molecule has 0 aliphatic heterocycles. The molecule has 106 valence electrons. The topological polar surface area (TPSA) is 50.9 Å². The number of anilines is 1. The average molecular weight is 308 g/mol. The number of pyridine rings is 1. The van der Waals surface area contributed by atoms with Gasteiger partial charge < -0.3 is 11.1 Å². The Hall–Kier alpha value is -1.23. The minimum atomic E-state index is 0.189. The van der Waals surface area contributed by atoms with Crippen molar-refractivity contribution in [2.45, 2.75) is 17.9 Å². The van der Waals surface area contributed by atoms with Crippen molar-refractivity contribution < 1.29 is 0 Å². The molecule has 3 nitrogen and oxygen atoms in total. The quantitative estimate of drug-likeness (QED) is 0.798. The van der Waals surface area contributed by atoms with E-state index in [0.717, 1.165) is 22.9 Å². The molecule has 0 bridgehead atoms. The lowest BCUT2D eigenvalue weighted by atomic mass is 10.1. The maximum atomic E-state index is 5.96. The van der Waals surface area contributed by atoms with Gasteiger partial charge in [-0.3, -0.25) is 0 Å². The summed E-state index contributed by atoms with van der Waals surface area (Å²) in [6.45, 7) is 2.98. The molecule has 0 saturated carbocycles. The van der Waals surface area contributed by atoms with Crippen molar-refractivity contribution in [2.24, 2.45) is 0 Å². The third kappa shape index (κ3) is 4.13. The molecule has 5 heteroatoms. The molecule has 0 aliphatic carbocycles. The second-order valence-corrected chi connectivity index (χ2v) is 5.88. The summed E-state index contributed by atoms with van der Waals surface area (Å²) in [7, 11) is 0. The van der Waals surface area contributed by atoms with Crippen molar-refractivity contribution in [1.29, 1.82) is 0 Å². The molecule has 0 amide bonds. The van der Waals surface area contributed by atoms with Gasteiger partial charge in [-0.05, 0) is 36.9 Å². The van der Waals surface area contributed by atoms with Crippen LogP contribution in [-0.2, 0) is 0 Å². The number of benzene rings is 1. The molecule has 1 aromatic carbocycles. The Morgan fingerprint density at radius 3 is 2.70 bits per heavy atom. The smallest absolute Gasteiger partial charge is 0.128 e. The lowest BCUT2D eigenvalue weighted by molar-refractivity contribution is 0.606. The SMILES string of the molecule is CCNC(CSc1ccc(Cl)cc1)c1cccnc1N. The summed E-state index contributed by atoms with van der Waals surface area (Å²) in [5, 5.41) is 4.21. The molecular formula is C15H18ClN3S. The maximum Gasteiger partial charge on any atom is 0.128 e. The fourth-order valence-electron chi connectivity index (χ4n) is 1.94. The van der Waals surface area contributed by atoms with E-state index in [1.807, 2.05) is 36.4 Å². The van der Waals surface area contributed by atoms with E-state index < -0.39 is 0 Å². The van der Waals surface area contributed by atoms with E-state index in [2.05, 4.69) is 17.2 Å². The largest absolute Gasteiger partial charge is 0.383 e. The van der Waals surface area contributed by atoms with E-state index in [-0.39, 0.29) is 6.04 Å². The number of aromatic nitrogens is 1. The number of nitrogens with zero attached hydrogens (tertiary/aromatic N) is 1. The van der Waals surface area contributed by atoms with Crippen molar-refractivity contribution in [3.8, 4) is 0 Å². The summed E-state index contributed by atoms with van der Waals surface area (Å²) < 4.78 is 0. The van der Waals surface area contributed by atoms with E-state index in [4.69, 9.17) is 17.3 Å². The van der Waals surface area contributed by atoms with E-state index in [1.165, 1.54) is 4.90 Å². The number of nitrogen functional groups attached to an aromatic ring is 1. The first-order valence-electron chi connectivity index (χ1n) is 6.53. The Labute approximate surface area is 128 Å². The molecule has 1 unspecified atom stereocenters. The van der Waals surface area contributed by atoms with Crippen LogP contribution in [0.25, 0.3) is 0 Å². The minimum absolute atomic E-state index is 0.189. The molecule has 0 fully saturated rings. The predicted molar refractivity (Wildman–Crippen MR) is 87.2 cm³/mol. The molecule has 0 spiro atoms. The van der Waals surface area contributed by atoms with Crippen molar-refractivity contribution in [2.75, 3.05) is 18.0 Å². The summed E-state index contributed by atoms with van der Waals surface area (Å²) in [4.78, 5) is 5.35. The number of hydrogen-bond acceptors (Lipinski definition) is 4. The standard InChI is InChI=1S/C15H18ClN3S/c1-2-18-14(13-4-3-9-19-15(13)17)10-20-12-7-5-11(16)6-8-12/h3-9,14,18H,2,10H2,1H3,(H2,17,19). The molecule has 2 rings (SSSR count). The molecular weight excluding hydrogens is 290 g/mol. The molecule has 1 aromatic heterocycles. The molecule has 2 aromatic rings. The maximum absolute atomic E-state index is 5.96. The molecule has 1 atom stereocenters. The highest BCUT2D eigenvalue weighted by Crippen LogP contribution is 2.27. The van der Waals surface area contributed by atoms with Gasteiger partial charge >= 0.3 is 0 Å². The van der Waals surface area contributed by atoms with Gasteiger partial charge in [0, 0.05) is 33.5 Å². The van der Waals surface area contributed by atoms with Crippen LogP contribution in [0.2, 0.25) is 5.02 Å². The Morgan fingerprint density at radius 2 is 2.05 bits per heavy atom. The van der Waals surface area contributed by atoms with Crippen LogP contribution in [0.1, 0.15) is 18.5 Å². The summed E-state index contributed by atoms with van der Waals surface area (Å²) in [5.74, 6) is 1.49. The lowest BCUT2D eigenvalue weighted by Crippen LogP contribution is -2.24. The Kier molecular flexibility index (Phi) is 5.71. The van der Waals surface area contributed by atoms with Gasteiger partial charge in [-0.25, -0.2) is 4.98 Å². The van der Waals surface area contributed by atoms with Crippen LogP contribution < -0.4 is 11.1 Å². The van der Waals surface area contributed by atoms with Crippen LogP contribution in [0.15, 0.2) is 47.5 Å². The van der Waals surface area contributed by atoms with Crippen LogP contribution in [-0.4, -0.2) is 17.3 Å². The normalized spacial score (nSPS) is 12.3. The fourth-order valence-corrected chi connectivity index (χ4v) is 3.05. The minimum Gasteiger partial charge on any atom is -0.383 e. The molecule has 0 aliphatic rings. The van der Waals surface area contributed by atoms with E-state index in [1.54, 1.807) is 18.0 Å². The van der Waals surface area contributed by atoms with Gasteiger partial charge in [0.1, 0.15) is 5.82 Å². The molecule has 1 heterocycles. The zero-order valence-corrected chi connectivity index (χ0v) is 12.9. The molecule has 3 N–H and O–H groups in total. The Bertz CT molecular complexity index is 545. The highest BCUT2D eigenvalue weighted by Gasteiger charge is 2.14. The first-order valence-corrected chi connectivity index (χ1v) is 7.89. The van der Waals surface area contributed by atoms with Crippen molar-refractivity contribution >= 4 is 29.2 Å². The monoisotopic (exact) mass is 307 g/mol. The van der Waals surface area contributed by atoms with Gasteiger partial charge in [0.05, 0.1) is 0 Å². The van der Waals surface area contributed by atoms with Crippen LogP contribution in [0.5, 0.6) is 0 Å². The average Bonchev–Trinajstić information content (AvgIpc) is 2.46. The third-order valence-corrected chi connectivity index (χ3v) is 4.28. The third-order valence-electron chi connectivity index (χ3n) is 2.93. The highest BCUT2D eigenvalue weighted by atomic mass is 35.5. The van der Waals surface area contributed by atoms with Crippen LogP contribution in [0, 0.1) is 0 Å². The number of hydrogen-bond donors (Lipinski definition) is 2. The fraction of sp³-hybridized carbons (Fsp3) is 0.267. The van der Waals surface area contributed by atoms with Gasteiger partial charge in [0.15, 0.2) is 0 Å². The zero-order valence-electron chi connectivity index (χ0n) is 11.3. The first kappa shape index (κ1) is 15.2. The summed E-state index contributed by atoms with van der Waals surface area (Å²) in [6, 6.07) is 12.0. The van der Waals surface area contributed by atoms with Gasteiger partial charge in [-0.1, -0.05) is 24.6 Å². The molecule has 0 saturated heterocycles. The molecule has 0 radical (unpaired) electrons. The van der Waals surface area contributed by atoms with Crippen molar-refractivity contribution in [3.05, 3.63) is 53.2 Å². The van der Waals surface area contributed by atoms with E-state index >= 15 is 0 Å². The zero-order chi connectivity index (χ0) is 14.4. The number of halogens is 1. The Morgan fingerprint density at radius 1 is 1.30 bits per heavy atom. The highest BCUT2D eigenvalue weighted by molar-refractivity contribution is 7.99. The number of nitrogens with two attached hydrogens (primary N) is 1. The van der Waals surface area contributed by atoms with Crippen LogP contribution >= 0.6 is 23.4 Å². The van der Waals surface area contributed by atoms with Crippen molar-refractivity contribution in [1.82, 2.24) is 10.3 Å². The number of thioether (sulfide) groups is 1. The summed E-state index contributed by atoms with van der Waals surface area (Å²) in [6.07, 6.45) is 1.72. The van der Waals surface area contributed by atoms with E-state index in [9.17, 15) is 0 Å². The van der Waals surface area contributed by atoms with Crippen molar-refractivity contribution in [3.63, 3.8) is 0 Å². The summed E-state index contributed by atoms with van der Waals surface area (Å²) >= 11 is 7.67. The van der Waals surface area contributed by atoms with Gasteiger partial charge in [-0.2, -0.15) is 0 Å². The van der Waals surface area contributed by atoms with Gasteiger partial charge in [0.2, 0.25) is 0 Å². The summed E-state index contributed by atoms with van der Waals surface area (Å²) in [5.41, 5.74) is 7.01. The second-order valence-electron chi connectivity index (χ2n) is 4.35. The molecule has 20 heavy (non-hydrogen) atoms. The van der Waals surface area contributed by atoms with E-state index in [0.29, 0.717) is 5.82 Å². The first-order chi connectivity index (χ1) is 9.70. The van der Waals surface area contributed by atoms with Crippen LogP contribution in [0.4, 0.5) is 5.82 Å². The van der Waals surface area contributed by atoms with Gasteiger partial charge in [-0.15, -0.1) is 11.8 Å². The number of nitrogens with one attached hydrogen (secondary N) is 1. The van der Waals surface area contributed by atoms with Gasteiger partial charge in [0.25, 0.3) is 0 Å². The predicted octanol–water partition coefficient (Wildman–Crippen LogP) is 3.76. The Balaban J connectivity index is 2.06. The van der Waals surface area contributed by atoms with Crippen LogP contribution in [0.3, 0.4) is 0 Å². The second kappa shape index (κ2) is 7.53.